The van der Waals surface area contributed by atoms with Crippen molar-refractivity contribution in [3.63, 3.8) is 0 Å². The average molecular weight is 368 g/mol. The number of amides is 2. The zero-order valence-electron chi connectivity index (χ0n) is 14.6. The second-order valence-electron chi connectivity index (χ2n) is 5.79. The molecule has 1 unspecified atom stereocenters. The van der Waals surface area contributed by atoms with Gasteiger partial charge >= 0.3 is 6.03 Å². The molecule has 0 bridgehead atoms. The Morgan fingerprint density at radius 3 is 2.77 bits per heavy atom. The SMILES string of the molecule is CCC(C)NC(=O)Nc1ccc(-c2noc(C=Cc3cccs3)n2)cc1. The molecule has 0 fully saturated rings. The number of rotatable bonds is 6. The maximum atomic E-state index is 11.8. The zero-order valence-corrected chi connectivity index (χ0v) is 15.4. The summed E-state index contributed by atoms with van der Waals surface area (Å²) in [6.07, 6.45) is 4.61. The van der Waals surface area contributed by atoms with Crippen LogP contribution < -0.4 is 10.6 Å². The maximum Gasteiger partial charge on any atom is 0.319 e. The number of nitrogens with zero attached hydrogens (tertiary/aromatic N) is 2. The Kier molecular flexibility index (Phi) is 5.80. The topological polar surface area (TPSA) is 80.0 Å². The van der Waals surface area contributed by atoms with Crippen LogP contribution in [0.3, 0.4) is 0 Å². The molecule has 0 saturated carbocycles. The van der Waals surface area contributed by atoms with E-state index in [-0.39, 0.29) is 12.1 Å². The first kappa shape index (κ1) is 17.9. The van der Waals surface area contributed by atoms with Gasteiger partial charge in [0.1, 0.15) is 0 Å². The van der Waals surface area contributed by atoms with Gasteiger partial charge in [-0.25, -0.2) is 4.79 Å². The highest BCUT2D eigenvalue weighted by Crippen LogP contribution is 2.20. The minimum Gasteiger partial charge on any atom is -0.335 e. The van der Waals surface area contributed by atoms with Crippen LogP contribution in [0.4, 0.5) is 10.5 Å². The van der Waals surface area contributed by atoms with Gasteiger partial charge in [0.15, 0.2) is 0 Å². The molecule has 1 atom stereocenters. The van der Waals surface area contributed by atoms with Crippen molar-refractivity contribution in [2.45, 2.75) is 26.3 Å². The Bertz CT molecular complexity index is 869. The molecular weight excluding hydrogens is 348 g/mol. The van der Waals surface area contributed by atoms with E-state index in [0.717, 1.165) is 16.9 Å². The van der Waals surface area contributed by atoms with E-state index in [1.165, 1.54) is 0 Å². The third kappa shape index (κ3) is 4.80. The van der Waals surface area contributed by atoms with Crippen molar-refractivity contribution in [2.75, 3.05) is 5.32 Å². The van der Waals surface area contributed by atoms with Crippen molar-refractivity contribution < 1.29 is 9.32 Å². The number of anilines is 1. The first-order chi connectivity index (χ1) is 12.6. The van der Waals surface area contributed by atoms with Crippen molar-refractivity contribution in [3.05, 3.63) is 52.5 Å². The largest absolute Gasteiger partial charge is 0.335 e. The number of carbonyl (C=O) groups excluding carboxylic acids is 1. The lowest BCUT2D eigenvalue weighted by molar-refractivity contribution is 0.249. The molecule has 0 saturated heterocycles. The summed E-state index contributed by atoms with van der Waals surface area (Å²) in [4.78, 5) is 17.3. The first-order valence-corrected chi connectivity index (χ1v) is 9.25. The van der Waals surface area contributed by atoms with Gasteiger partial charge in [0.25, 0.3) is 5.89 Å². The van der Waals surface area contributed by atoms with E-state index in [2.05, 4.69) is 20.8 Å². The van der Waals surface area contributed by atoms with Crippen LogP contribution >= 0.6 is 11.3 Å². The standard InChI is InChI=1S/C19H20N4O2S/c1-3-13(2)20-19(24)21-15-8-6-14(7-9-15)18-22-17(25-23-18)11-10-16-5-4-12-26-16/h4-13H,3H2,1-2H3,(H2,20,21,24). The number of thiophene rings is 1. The van der Waals surface area contributed by atoms with Crippen molar-refractivity contribution in [1.82, 2.24) is 15.5 Å². The molecule has 26 heavy (non-hydrogen) atoms. The molecule has 0 aliphatic rings. The number of hydrogen-bond acceptors (Lipinski definition) is 5. The number of carbonyl (C=O) groups is 1. The normalized spacial score (nSPS) is 12.2. The summed E-state index contributed by atoms with van der Waals surface area (Å²) in [5.74, 6) is 0.954. The highest BCUT2D eigenvalue weighted by atomic mass is 32.1. The molecule has 0 radical (unpaired) electrons. The predicted molar refractivity (Wildman–Crippen MR) is 105 cm³/mol. The molecule has 0 aliphatic carbocycles. The molecule has 2 amide bonds. The van der Waals surface area contributed by atoms with Crippen molar-refractivity contribution in [2.24, 2.45) is 0 Å². The molecule has 3 aromatic rings. The molecule has 7 heteroatoms. The molecule has 3 rings (SSSR count). The van der Waals surface area contributed by atoms with Crippen LogP contribution in [0.15, 0.2) is 46.3 Å². The maximum absolute atomic E-state index is 11.8. The molecule has 0 spiro atoms. The highest BCUT2D eigenvalue weighted by molar-refractivity contribution is 7.10. The minimum atomic E-state index is -0.215. The predicted octanol–water partition coefficient (Wildman–Crippen LogP) is 4.89. The Morgan fingerprint density at radius 2 is 2.08 bits per heavy atom. The van der Waals surface area contributed by atoms with Crippen molar-refractivity contribution in [3.8, 4) is 11.4 Å². The van der Waals surface area contributed by atoms with Crippen molar-refractivity contribution >= 4 is 35.2 Å². The van der Waals surface area contributed by atoms with Gasteiger partial charge in [-0.15, -0.1) is 11.3 Å². The van der Waals surface area contributed by atoms with E-state index in [4.69, 9.17) is 4.52 Å². The van der Waals surface area contributed by atoms with E-state index in [1.54, 1.807) is 17.4 Å². The summed E-state index contributed by atoms with van der Waals surface area (Å²) >= 11 is 1.64. The number of hydrogen-bond donors (Lipinski definition) is 2. The van der Waals surface area contributed by atoms with E-state index < -0.39 is 0 Å². The lowest BCUT2D eigenvalue weighted by atomic mass is 10.2. The first-order valence-electron chi connectivity index (χ1n) is 8.37. The molecule has 6 nitrogen and oxygen atoms in total. The fourth-order valence-electron chi connectivity index (χ4n) is 2.16. The van der Waals surface area contributed by atoms with Crippen LogP contribution in [0, 0.1) is 0 Å². The highest BCUT2D eigenvalue weighted by Gasteiger charge is 2.08. The van der Waals surface area contributed by atoms with Crippen LogP contribution in [-0.2, 0) is 0 Å². The van der Waals surface area contributed by atoms with E-state index >= 15 is 0 Å². The van der Waals surface area contributed by atoms with E-state index in [9.17, 15) is 4.79 Å². The van der Waals surface area contributed by atoms with Gasteiger partial charge in [0.2, 0.25) is 5.82 Å². The van der Waals surface area contributed by atoms with Crippen LogP contribution in [0.25, 0.3) is 23.5 Å². The molecule has 134 valence electrons. The van der Waals surface area contributed by atoms with Gasteiger partial charge < -0.3 is 15.2 Å². The third-order valence-corrected chi connectivity index (χ3v) is 4.60. The van der Waals surface area contributed by atoms with Gasteiger partial charge in [0, 0.05) is 28.2 Å². The van der Waals surface area contributed by atoms with Crippen molar-refractivity contribution in [1.29, 1.82) is 0 Å². The lowest BCUT2D eigenvalue weighted by Gasteiger charge is -2.12. The van der Waals surface area contributed by atoms with Gasteiger partial charge in [0.05, 0.1) is 0 Å². The Hall–Kier alpha value is -2.93. The molecular formula is C19H20N4O2S. The van der Waals surface area contributed by atoms with Gasteiger partial charge in [-0.05, 0) is 55.1 Å². The zero-order chi connectivity index (χ0) is 18.4. The lowest BCUT2D eigenvalue weighted by Crippen LogP contribution is -2.35. The van der Waals surface area contributed by atoms with Gasteiger partial charge in [-0.3, -0.25) is 0 Å². The third-order valence-electron chi connectivity index (χ3n) is 3.77. The number of nitrogens with one attached hydrogen (secondary N) is 2. The Balaban J connectivity index is 1.63. The summed E-state index contributed by atoms with van der Waals surface area (Å²) in [6, 6.07) is 11.2. The average Bonchev–Trinajstić information content (AvgIpc) is 3.32. The van der Waals surface area contributed by atoms with Crippen LogP contribution in [0.1, 0.15) is 31.0 Å². The smallest absolute Gasteiger partial charge is 0.319 e. The molecule has 2 heterocycles. The Morgan fingerprint density at radius 1 is 1.27 bits per heavy atom. The minimum absolute atomic E-state index is 0.134. The van der Waals surface area contributed by atoms with Crippen LogP contribution in [-0.4, -0.2) is 22.2 Å². The van der Waals surface area contributed by atoms with Gasteiger partial charge in [-0.2, -0.15) is 4.98 Å². The fourth-order valence-corrected chi connectivity index (χ4v) is 2.77. The summed E-state index contributed by atoms with van der Waals surface area (Å²) in [7, 11) is 0. The number of urea groups is 1. The second-order valence-corrected chi connectivity index (χ2v) is 6.77. The summed E-state index contributed by atoms with van der Waals surface area (Å²) < 4.78 is 5.25. The second kappa shape index (κ2) is 8.44. The summed E-state index contributed by atoms with van der Waals surface area (Å²) in [5.41, 5.74) is 1.52. The van der Waals surface area contributed by atoms with Crippen LogP contribution in [0.2, 0.25) is 0 Å². The number of aromatic nitrogens is 2. The molecule has 1 aromatic carbocycles. The molecule has 0 aliphatic heterocycles. The Labute approximate surface area is 155 Å². The summed E-state index contributed by atoms with van der Waals surface area (Å²) in [5, 5.41) is 11.7. The van der Waals surface area contributed by atoms with Gasteiger partial charge in [-0.1, -0.05) is 18.1 Å². The van der Waals surface area contributed by atoms with Crippen LogP contribution in [0.5, 0.6) is 0 Å². The summed E-state index contributed by atoms with van der Waals surface area (Å²) in [6.45, 7) is 3.98. The fraction of sp³-hybridized carbons (Fsp3) is 0.211. The van der Waals surface area contributed by atoms with E-state index in [1.807, 2.05) is 61.7 Å². The number of benzene rings is 1. The quantitative estimate of drug-likeness (QED) is 0.649. The van der Waals surface area contributed by atoms with E-state index in [0.29, 0.717) is 17.4 Å². The molecule has 2 N–H and O–H groups in total. The molecule has 2 aromatic heterocycles. The monoisotopic (exact) mass is 368 g/mol.